The summed E-state index contributed by atoms with van der Waals surface area (Å²) >= 11 is 0. The molecular weight excluding hydrogens is 246 g/mol. The smallest absolute Gasteiger partial charge is 0.417 e. The average molecular weight is 259 g/mol. The van der Waals surface area contributed by atoms with Crippen LogP contribution in [0.4, 0.5) is 10.5 Å². The summed E-state index contributed by atoms with van der Waals surface area (Å²) in [4.78, 5) is 11.6. The highest BCUT2D eigenvalue weighted by atomic mass is 16.6. The van der Waals surface area contributed by atoms with Gasteiger partial charge in [0.1, 0.15) is 17.2 Å². The highest BCUT2D eigenvalue weighted by Crippen LogP contribution is 2.28. The van der Waals surface area contributed by atoms with E-state index in [2.05, 4.69) is 5.32 Å². The zero-order valence-electron chi connectivity index (χ0n) is 10.3. The van der Waals surface area contributed by atoms with Crippen LogP contribution in [-0.2, 0) is 0 Å². The van der Waals surface area contributed by atoms with Crippen LogP contribution in [0.2, 0.25) is 0 Å². The van der Waals surface area contributed by atoms with Crippen molar-refractivity contribution in [2.24, 2.45) is 0 Å². The average Bonchev–Trinajstić information content (AvgIpc) is 2.42. The minimum atomic E-state index is -0.674. The monoisotopic (exact) mass is 259 g/mol. The molecule has 98 valence electrons. The summed E-state index contributed by atoms with van der Waals surface area (Å²) in [5, 5.41) is 12.1. The number of carbonyl (C=O) groups is 1. The van der Waals surface area contributed by atoms with Crippen molar-refractivity contribution in [3.63, 3.8) is 0 Å². The van der Waals surface area contributed by atoms with Crippen molar-refractivity contribution in [1.82, 2.24) is 0 Å². The summed E-state index contributed by atoms with van der Waals surface area (Å²) in [5.74, 6) is 0.830. The van der Waals surface area contributed by atoms with Gasteiger partial charge in [0.2, 0.25) is 0 Å². The number of aromatic hydroxyl groups is 1. The molecule has 0 unspecified atom stereocenters. The van der Waals surface area contributed by atoms with Crippen LogP contribution >= 0.6 is 0 Å². The maximum absolute atomic E-state index is 11.6. The van der Waals surface area contributed by atoms with Crippen molar-refractivity contribution in [3.05, 3.63) is 48.5 Å². The number of nitrogens with one attached hydrogen (secondary N) is 1. The number of rotatable bonds is 3. The van der Waals surface area contributed by atoms with E-state index in [1.165, 1.54) is 19.2 Å². The molecule has 0 saturated carbocycles. The second-order valence-electron chi connectivity index (χ2n) is 3.71. The van der Waals surface area contributed by atoms with Crippen molar-refractivity contribution < 1.29 is 19.4 Å². The molecule has 19 heavy (non-hydrogen) atoms. The number of hydrogen-bond acceptors (Lipinski definition) is 4. The molecule has 0 saturated heterocycles. The number of phenolic OH excluding ortho intramolecular Hbond substituents is 1. The van der Waals surface area contributed by atoms with Crippen LogP contribution in [0.1, 0.15) is 0 Å². The standard InChI is InChI=1S/C14H13NO4/c1-18-11-7-8-12(13(16)9-11)15-14(17)19-10-5-3-2-4-6-10/h2-9,16H,1H3,(H,15,17). The second kappa shape index (κ2) is 5.77. The summed E-state index contributed by atoms with van der Waals surface area (Å²) in [7, 11) is 1.49. The molecule has 0 radical (unpaired) electrons. The molecule has 0 aliphatic rings. The first-order chi connectivity index (χ1) is 9.19. The first-order valence-electron chi connectivity index (χ1n) is 5.60. The van der Waals surface area contributed by atoms with E-state index in [1.54, 1.807) is 30.3 Å². The normalized spacial score (nSPS) is 9.74. The molecule has 5 heteroatoms. The Morgan fingerprint density at radius 1 is 1.11 bits per heavy atom. The number of benzene rings is 2. The predicted molar refractivity (Wildman–Crippen MR) is 70.7 cm³/mol. The van der Waals surface area contributed by atoms with Gasteiger partial charge >= 0.3 is 6.09 Å². The highest BCUT2D eigenvalue weighted by molar-refractivity contribution is 5.88. The van der Waals surface area contributed by atoms with Crippen molar-refractivity contribution in [1.29, 1.82) is 0 Å². The summed E-state index contributed by atoms with van der Waals surface area (Å²) in [6.07, 6.45) is -0.674. The topological polar surface area (TPSA) is 67.8 Å². The third-order valence-corrected chi connectivity index (χ3v) is 2.40. The van der Waals surface area contributed by atoms with E-state index in [0.29, 0.717) is 11.5 Å². The molecule has 5 nitrogen and oxygen atoms in total. The van der Waals surface area contributed by atoms with Gasteiger partial charge in [0.25, 0.3) is 0 Å². The van der Waals surface area contributed by atoms with Crippen LogP contribution in [0.25, 0.3) is 0 Å². The molecule has 1 amide bonds. The number of carbonyl (C=O) groups excluding carboxylic acids is 1. The quantitative estimate of drug-likeness (QED) is 0.831. The lowest BCUT2D eigenvalue weighted by Crippen LogP contribution is -2.16. The van der Waals surface area contributed by atoms with Crippen LogP contribution in [0.15, 0.2) is 48.5 Å². The molecule has 0 atom stereocenters. The number of ether oxygens (including phenoxy) is 2. The van der Waals surface area contributed by atoms with Gasteiger partial charge in [-0.15, -0.1) is 0 Å². The number of methoxy groups -OCH3 is 1. The van der Waals surface area contributed by atoms with Crippen LogP contribution in [-0.4, -0.2) is 18.3 Å². The molecule has 2 aromatic carbocycles. The van der Waals surface area contributed by atoms with Gasteiger partial charge in [-0.2, -0.15) is 0 Å². The van der Waals surface area contributed by atoms with E-state index < -0.39 is 6.09 Å². The molecule has 0 aliphatic heterocycles. The third-order valence-electron chi connectivity index (χ3n) is 2.40. The van der Waals surface area contributed by atoms with E-state index in [0.717, 1.165) is 0 Å². The lowest BCUT2D eigenvalue weighted by Gasteiger charge is -2.09. The van der Waals surface area contributed by atoms with Gasteiger partial charge in [0.15, 0.2) is 0 Å². The number of amides is 1. The van der Waals surface area contributed by atoms with Gasteiger partial charge in [-0.25, -0.2) is 4.79 Å². The lowest BCUT2D eigenvalue weighted by atomic mass is 10.3. The van der Waals surface area contributed by atoms with Gasteiger partial charge in [-0.05, 0) is 24.3 Å². The Hall–Kier alpha value is -2.69. The first kappa shape index (κ1) is 12.8. The van der Waals surface area contributed by atoms with Gasteiger partial charge in [0, 0.05) is 6.07 Å². The SMILES string of the molecule is COc1ccc(NC(=O)Oc2ccccc2)c(O)c1. The third kappa shape index (κ3) is 3.38. The van der Waals surface area contributed by atoms with Crippen LogP contribution < -0.4 is 14.8 Å². The molecular formula is C14H13NO4. The van der Waals surface area contributed by atoms with Crippen molar-refractivity contribution in [2.75, 3.05) is 12.4 Å². The van der Waals surface area contributed by atoms with E-state index in [9.17, 15) is 9.90 Å². The largest absolute Gasteiger partial charge is 0.506 e. The molecule has 0 aromatic heterocycles. The minimum Gasteiger partial charge on any atom is -0.506 e. The second-order valence-corrected chi connectivity index (χ2v) is 3.71. The number of phenols is 1. The molecule has 2 aromatic rings. The zero-order valence-corrected chi connectivity index (χ0v) is 10.3. The van der Waals surface area contributed by atoms with Gasteiger partial charge < -0.3 is 14.6 Å². The molecule has 0 bridgehead atoms. The lowest BCUT2D eigenvalue weighted by molar-refractivity contribution is 0.215. The fourth-order valence-electron chi connectivity index (χ4n) is 1.48. The Kier molecular flexibility index (Phi) is 3.87. The summed E-state index contributed by atoms with van der Waals surface area (Å²) in [5.41, 5.74) is 0.252. The maximum atomic E-state index is 11.6. The number of hydrogen-bond donors (Lipinski definition) is 2. The molecule has 2 rings (SSSR count). The van der Waals surface area contributed by atoms with E-state index >= 15 is 0 Å². The van der Waals surface area contributed by atoms with E-state index in [1.807, 2.05) is 6.07 Å². The maximum Gasteiger partial charge on any atom is 0.417 e. The zero-order chi connectivity index (χ0) is 13.7. The number of para-hydroxylation sites is 1. The fraction of sp³-hybridized carbons (Fsp3) is 0.0714. The van der Waals surface area contributed by atoms with Gasteiger partial charge in [-0.3, -0.25) is 5.32 Å². The van der Waals surface area contributed by atoms with Crippen molar-refractivity contribution in [2.45, 2.75) is 0 Å². The first-order valence-corrected chi connectivity index (χ1v) is 5.60. The Morgan fingerprint density at radius 2 is 1.84 bits per heavy atom. The fourth-order valence-corrected chi connectivity index (χ4v) is 1.48. The van der Waals surface area contributed by atoms with E-state index in [4.69, 9.17) is 9.47 Å². The van der Waals surface area contributed by atoms with Gasteiger partial charge in [-0.1, -0.05) is 18.2 Å². The van der Waals surface area contributed by atoms with Crippen LogP contribution in [0, 0.1) is 0 Å². The number of anilines is 1. The summed E-state index contributed by atoms with van der Waals surface area (Å²) in [6, 6.07) is 13.2. The Bertz CT molecular complexity index is 569. The Balaban J connectivity index is 2.03. The molecule has 0 spiro atoms. The van der Waals surface area contributed by atoms with Gasteiger partial charge in [0.05, 0.1) is 12.8 Å². The van der Waals surface area contributed by atoms with Crippen LogP contribution in [0.3, 0.4) is 0 Å². The molecule has 0 heterocycles. The Labute approximate surface area is 110 Å². The molecule has 0 fully saturated rings. The summed E-state index contributed by atoms with van der Waals surface area (Å²) in [6.45, 7) is 0. The minimum absolute atomic E-state index is 0.0932. The molecule has 0 aliphatic carbocycles. The Morgan fingerprint density at radius 3 is 2.47 bits per heavy atom. The van der Waals surface area contributed by atoms with Crippen LogP contribution in [0.5, 0.6) is 17.2 Å². The predicted octanol–water partition coefficient (Wildman–Crippen LogP) is 3.01. The van der Waals surface area contributed by atoms with Crippen molar-refractivity contribution in [3.8, 4) is 17.2 Å². The molecule has 2 N–H and O–H groups in total. The van der Waals surface area contributed by atoms with Crippen molar-refractivity contribution >= 4 is 11.8 Å². The highest BCUT2D eigenvalue weighted by Gasteiger charge is 2.09. The summed E-state index contributed by atoms with van der Waals surface area (Å²) < 4.78 is 9.98. The van der Waals surface area contributed by atoms with E-state index in [-0.39, 0.29) is 11.4 Å².